The van der Waals surface area contributed by atoms with Gasteiger partial charge in [-0.2, -0.15) is 0 Å². The second kappa shape index (κ2) is 36.4. The molecule has 1 atom stereocenters. The Labute approximate surface area is 274 Å². The molecule has 0 rings (SSSR count). The summed E-state index contributed by atoms with van der Waals surface area (Å²) in [5, 5.41) is 9.49. The van der Waals surface area contributed by atoms with Gasteiger partial charge in [0, 0.05) is 12.8 Å². The summed E-state index contributed by atoms with van der Waals surface area (Å²) >= 11 is 0. The molecule has 44 heavy (non-hydrogen) atoms. The Hall–Kier alpha value is -1.10. The van der Waals surface area contributed by atoms with E-state index in [4.69, 9.17) is 9.47 Å². The maximum atomic E-state index is 12.1. The minimum atomic E-state index is -0.759. The number of esters is 2. The van der Waals surface area contributed by atoms with Gasteiger partial charge in [0.1, 0.15) is 6.61 Å². The zero-order chi connectivity index (χ0) is 32.2. The molecule has 0 aromatic carbocycles. The highest BCUT2D eigenvalue weighted by Gasteiger charge is 2.16. The molecule has 262 valence electrons. The van der Waals surface area contributed by atoms with E-state index in [1.807, 2.05) is 0 Å². The predicted octanol–water partition coefficient (Wildman–Crippen LogP) is 12.0. The Morgan fingerprint density at radius 1 is 0.432 bits per heavy atom. The zero-order valence-corrected chi connectivity index (χ0v) is 29.7. The van der Waals surface area contributed by atoms with E-state index in [0.717, 1.165) is 38.5 Å². The monoisotopic (exact) mass is 625 g/mol. The summed E-state index contributed by atoms with van der Waals surface area (Å²) in [5.74, 6) is -0.585. The molecule has 0 radical (unpaired) electrons. The van der Waals surface area contributed by atoms with E-state index < -0.39 is 6.10 Å². The molecule has 5 heteroatoms. The number of carbonyl (C=O) groups excluding carboxylic acids is 2. The summed E-state index contributed by atoms with van der Waals surface area (Å²) in [6.45, 7) is 4.11. The number of hydrogen-bond donors (Lipinski definition) is 1. The van der Waals surface area contributed by atoms with E-state index in [1.165, 1.54) is 154 Å². The number of ether oxygens (including phenoxy) is 2. The van der Waals surface area contributed by atoms with Crippen LogP contribution < -0.4 is 0 Å². The van der Waals surface area contributed by atoms with Crippen LogP contribution in [-0.4, -0.2) is 36.4 Å². The van der Waals surface area contributed by atoms with Crippen molar-refractivity contribution in [2.24, 2.45) is 0 Å². The van der Waals surface area contributed by atoms with Crippen LogP contribution in [0.2, 0.25) is 0 Å². The molecule has 0 aliphatic rings. The highest BCUT2D eigenvalue weighted by Crippen LogP contribution is 2.16. The molecule has 0 fully saturated rings. The van der Waals surface area contributed by atoms with Crippen LogP contribution in [0, 0.1) is 0 Å². The van der Waals surface area contributed by atoms with Crippen molar-refractivity contribution in [2.45, 2.75) is 225 Å². The zero-order valence-electron chi connectivity index (χ0n) is 29.7. The van der Waals surface area contributed by atoms with Crippen molar-refractivity contribution < 1.29 is 24.2 Å². The Morgan fingerprint density at radius 2 is 0.705 bits per heavy atom. The van der Waals surface area contributed by atoms with Crippen molar-refractivity contribution in [1.82, 2.24) is 0 Å². The van der Waals surface area contributed by atoms with Gasteiger partial charge in [0.05, 0.1) is 6.61 Å². The van der Waals surface area contributed by atoms with E-state index in [-0.39, 0.29) is 25.2 Å². The SMILES string of the molecule is CCCCCCCCCCCCCCCCCCCCCCCCCC(=O)O[C@@H](CO)COC(=O)CCCCCCCCC. The van der Waals surface area contributed by atoms with Gasteiger partial charge in [0.25, 0.3) is 0 Å². The molecule has 0 aromatic heterocycles. The lowest BCUT2D eigenvalue weighted by Crippen LogP contribution is -2.28. The third kappa shape index (κ3) is 33.8. The molecular weight excluding hydrogens is 548 g/mol. The first kappa shape index (κ1) is 42.9. The molecule has 0 aliphatic carbocycles. The van der Waals surface area contributed by atoms with Crippen LogP contribution in [0.5, 0.6) is 0 Å². The molecule has 0 saturated carbocycles. The average Bonchev–Trinajstić information content (AvgIpc) is 3.02. The van der Waals surface area contributed by atoms with Gasteiger partial charge in [-0.05, 0) is 12.8 Å². The van der Waals surface area contributed by atoms with Crippen LogP contribution in [0.3, 0.4) is 0 Å². The third-order valence-corrected chi connectivity index (χ3v) is 8.90. The first-order valence-electron chi connectivity index (χ1n) is 19.6. The van der Waals surface area contributed by atoms with Gasteiger partial charge in [-0.25, -0.2) is 0 Å². The maximum absolute atomic E-state index is 12.1. The van der Waals surface area contributed by atoms with Crippen LogP contribution >= 0.6 is 0 Å². The van der Waals surface area contributed by atoms with Crippen molar-refractivity contribution in [3.05, 3.63) is 0 Å². The van der Waals surface area contributed by atoms with Crippen LogP contribution in [0.15, 0.2) is 0 Å². The normalized spacial score (nSPS) is 12.0. The van der Waals surface area contributed by atoms with Crippen LogP contribution in [0.25, 0.3) is 0 Å². The number of carbonyl (C=O) groups is 2. The van der Waals surface area contributed by atoms with Crippen molar-refractivity contribution in [1.29, 1.82) is 0 Å². The van der Waals surface area contributed by atoms with Gasteiger partial charge in [-0.3, -0.25) is 9.59 Å². The molecule has 0 saturated heterocycles. The number of aliphatic hydroxyl groups excluding tert-OH is 1. The minimum Gasteiger partial charge on any atom is -0.462 e. The molecule has 0 aromatic rings. The molecule has 0 bridgehead atoms. The minimum absolute atomic E-state index is 0.0586. The van der Waals surface area contributed by atoms with Gasteiger partial charge >= 0.3 is 11.9 Å². The fraction of sp³-hybridized carbons (Fsp3) is 0.949. The number of rotatable bonds is 36. The van der Waals surface area contributed by atoms with Crippen LogP contribution in [0.4, 0.5) is 0 Å². The smallest absolute Gasteiger partial charge is 0.306 e. The first-order valence-corrected chi connectivity index (χ1v) is 19.6. The van der Waals surface area contributed by atoms with Crippen molar-refractivity contribution >= 4 is 11.9 Å². The average molecular weight is 625 g/mol. The van der Waals surface area contributed by atoms with E-state index in [9.17, 15) is 14.7 Å². The van der Waals surface area contributed by atoms with Crippen molar-refractivity contribution in [3.63, 3.8) is 0 Å². The van der Waals surface area contributed by atoms with Crippen LogP contribution in [0.1, 0.15) is 219 Å². The number of unbranched alkanes of at least 4 members (excludes halogenated alkanes) is 28. The summed E-state index contributed by atoms with van der Waals surface area (Å²) in [6, 6.07) is 0. The molecule has 0 unspecified atom stereocenters. The summed E-state index contributed by atoms with van der Waals surface area (Å²) in [5.41, 5.74) is 0. The molecule has 0 aliphatic heterocycles. The van der Waals surface area contributed by atoms with Gasteiger partial charge in [-0.15, -0.1) is 0 Å². The van der Waals surface area contributed by atoms with Gasteiger partial charge in [-0.1, -0.05) is 194 Å². The molecule has 0 heterocycles. The lowest BCUT2D eigenvalue weighted by atomic mass is 10.0. The molecule has 5 nitrogen and oxygen atoms in total. The van der Waals surface area contributed by atoms with E-state index in [1.54, 1.807) is 0 Å². The number of hydrogen-bond acceptors (Lipinski definition) is 5. The lowest BCUT2D eigenvalue weighted by molar-refractivity contribution is -0.161. The fourth-order valence-electron chi connectivity index (χ4n) is 5.91. The summed E-state index contributed by atoms with van der Waals surface area (Å²) in [7, 11) is 0. The topological polar surface area (TPSA) is 72.8 Å². The Kier molecular flexibility index (Phi) is 35.5. The Morgan fingerprint density at radius 3 is 1.00 bits per heavy atom. The fourth-order valence-corrected chi connectivity index (χ4v) is 5.91. The number of aliphatic hydroxyl groups is 1. The maximum Gasteiger partial charge on any atom is 0.306 e. The van der Waals surface area contributed by atoms with E-state index >= 15 is 0 Å². The van der Waals surface area contributed by atoms with E-state index in [0.29, 0.717) is 12.8 Å². The predicted molar refractivity (Wildman–Crippen MR) is 187 cm³/mol. The third-order valence-electron chi connectivity index (χ3n) is 8.90. The Balaban J connectivity index is 3.40. The summed E-state index contributed by atoms with van der Waals surface area (Å²) in [6.07, 6.45) is 39.1. The quantitative estimate of drug-likeness (QED) is 0.0554. The summed E-state index contributed by atoms with van der Waals surface area (Å²) in [4.78, 5) is 24.0. The van der Waals surface area contributed by atoms with E-state index in [2.05, 4.69) is 13.8 Å². The largest absolute Gasteiger partial charge is 0.462 e. The highest BCUT2D eigenvalue weighted by molar-refractivity contribution is 5.70. The molecule has 0 spiro atoms. The summed E-state index contributed by atoms with van der Waals surface area (Å²) < 4.78 is 10.5. The van der Waals surface area contributed by atoms with Gasteiger partial charge < -0.3 is 14.6 Å². The molecule has 1 N–H and O–H groups in total. The van der Waals surface area contributed by atoms with Crippen molar-refractivity contribution in [2.75, 3.05) is 13.2 Å². The van der Waals surface area contributed by atoms with Gasteiger partial charge in [0.15, 0.2) is 6.10 Å². The first-order chi connectivity index (χ1) is 21.6. The molecular formula is C39H76O5. The van der Waals surface area contributed by atoms with Gasteiger partial charge in [0.2, 0.25) is 0 Å². The van der Waals surface area contributed by atoms with Crippen LogP contribution in [-0.2, 0) is 19.1 Å². The van der Waals surface area contributed by atoms with Crippen molar-refractivity contribution in [3.8, 4) is 0 Å². The highest BCUT2D eigenvalue weighted by atomic mass is 16.6. The second-order valence-electron chi connectivity index (χ2n) is 13.4. The standard InChI is InChI=1S/C39H76O5/c1-3-5-7-9-11-12-13-14-15-16-17-18-19-20-21-22-23-24-25-26-28-30-32-34-39(42)44-37(35-40)36-43-38(41)33-31-29-27-10-8-6-4-2/h37,40H,3-36H2,1-2H3/t37-/m0/s1. The Bertz CT molecular complexity index is 593. The lowest BCUT2D eigenvalue weighted by Gasteiger charge is -2.15. The second-order valence-corrected chi connectivity index (χ2v) is 13.4. The molecule has 0 amide bonds.